The van der Waals surface area contributed by atoms with Gasteiger partial charge in [-0.3, -0.25) is 4.57 Å². The zero-order valence-corrected chi connectivity index (χ0v) is 14.5. The number of hydrogen-bond donors (Lipinski definition) is 1. The molecule has 1 fully saturated rings. The Bertz CT molecular complexity index is 1020. The number of nitrogens with one attached hydrogen (secondary N) is 1. The first-order chi connectivity index (χ1) is 12.3. The quantitative estimate of drug-likeness (QED) is 0.605. The number of aromatic nitrogens is 4. The van der Waals surface area contributed by atoms with Crippen LogP contribution in [0.1, 0.15) is 18.9 Å². The van der Waals surface area contributed by atoms with Crippen molar-refractivity contribution in [3.05, 3.63) is 42.6 Å². The van der Waals surface area contributed by atoms with Gasteiger partial charge in [-0.25, -0.2) is 9.97 Å². The second-order valence-electron chi connectivity index (χ2n) is 6.27. The van der Waals surface area contributed by atoms with Crippen molar-refractivity contribution in [2.75, 3.05) is 12.4 Å². The molecule has 4 aromatic rings. The standard InChI is InChI=1S/C18H17N5OS/c1-24-18-22-14-6-4-8-19-16(14)23(18)12-9-11(10-12)20-17-21-13-5-2-3-7-15(13)25-17/h2-8,11-12H,9-10H2,1H3,(H,20,21)/t11-,12+. The topological polar surface area (TPSA) is 64.9 Å². The Morgan fingerprint density at radius 3 is 2.80 bits per heavy atom. The Morgan fingerprint density at radius 1 is 1.12 bits per heavy atom. The molecule has 0 radical (unpaired) electrons. The van der Waals surface area contributed by atoms with Crippen molar-refractivity contribution in [1.82, 2.24) is 19.5 Å². The van der Waals surface area contributed by atoms with Crippen LogP contribution in [-0.4, -0.2) is 32.7 Å². The highest BCUT2D eigenvalue weighted by Gasteiger charge is 2.34. The third kappa shape index (κ3) is 2.42. The molecule has 1 N–H and O–H groups in total. The molecule has 3 aromatic heterocycles. The van der Waals surface area contributed by atoms with Crippen molar-refractivity contribution < 1.29 is 4.74 Å². The van der Waals surface area contributed by atoms with E-state index in [-0.39, 0.29) is 0 Å². The number of fused-ring (bicyclic) bond motifs is 2. The predicted molar refractivity (Wildman–Crippen MR) is 99.4 cm³/mol. The molecule has 0 atom stereocenters. The zero-order chi connectivity index (χ0) is 16.8. The van der Waals surface area contributed by atoms with Crippen LogP contribution in [0.25, 0.3) is 21.4 Å². The van der Waals surface area contributed by atoms with E-state index in [2.05, 4.69) is 37.0 Å². The number of imidazole rings is 1. The number of pyridine rings is 1. The van der Waals surface area contributed by atoms with E-state index < -0.39 is 0 Å². The van der Waals surface area contributed by atoms with Crippen LogP contribution in [-0.2, 0) is 0 Å². The first-order valence-electron chi connectivity index (χ1n) is 8.31. The second-order valence-corrected chi connectivity index (χ2v) is 7.30. The van der Waals surface area contributed by atoms with Gasteiger partial charge in [0.05, 0.1) is 17.3 Å². The van der Waals surface area contributed by atoms with E-state index in [0.29, 0.717) is 18.1 Å². The van der Waals surface area contributed by atoms with Crippen LogP contribution in [0.4, 0.5) is 5.13 Å². The first kappa shape index (κ1) is 14.7. The van der Waals surface area contributed by atoms with E-state index in [1.807, 2.05) is 24.3 Å². The number of para-hydroxylation sites is 1. The molecule has 0 aliphatic heterocycles. The minimum absolute atomic E-state index is 0.349. The van der Waals surface area contributed by atoms with E-state index in [9.17, 15) is 0 Å². The number of methoxy groups -OCH3 is 1. The van der Waals surface area contributed by atoms with Gasteiger partial charge in [0, 0.05) is 18.3 Å². The van der Waals surface area contributed by atoms with E-state index in [4.69, 9.17) is 4.74 Å². The van der Waals surface area contributed by atoms with E-state index in [0.717, 1.165) is 34.7 Å². The average Bonchev–Trinajstić information content (AvgIpc) is 3.18. The third-order valence-electron chi connectivity index (χ3n) is 4.70. The summed E-state index contributed by atoms with van der Waals surface area (Å²) in [5.74, 6) is 0. The molecule has 0 bridgehead atoms. The molecule has 1 saturated carbocycles. The highest BCUT2D eigenvalue weighted by molar-refractivity contribution is 7.22. The van der Waals surface area contributed by atoms with Crippen LogP contribution in [0, 0.1) is 0 Å². The molecular weight excluding hydrogens is 334 g/mol. The first-order valence-corrected chi connectivity index (χ1v) is 9.12. The lowest BCUT2D eigenvalue weighted by atomic mass is 9.86. The molecule has 3 heterocycles. The molecule has 0 unspecified atom stereocenters. The van der Waals surface area contributed by atoms with Gasteiger partial charge in [-0.1, -0.05) is 23.5 Å². The molecule has 7 heteroatoms. The molecule has 1 aliphatic rings. The fourth-order valence-corrected chi connectivity index (χ4v) is 4.35. The van der Waals surface area contributed by atoms with E-state index in [1.54, 1.807) is 24.6 Å². The molecule has 1 aliphatic carbocycles. The van der Waals surface area contributed by atoms with Crippen molar-refractivity contribution in [2.24, 2.45) is 0 Å². The Kier molecular flexibility index (Phi) is 3.34. The molecule has 0 saturated heterocycles. The third-order valence-corrected chi connectivity index (χ3v) is 5.67. The number of anilines is 1. The van der Waals surface area contributed by atoms with Gasteiger partial charge in [0.25, 0.3) is 6.01 Å². The lowest BCUT2D eigenvalue weighted by Gasteiger charge is -2.36. The molecule has 1 aromatic carbocycles. The molecule has 5 rings (SSSR count). The lowest BCUT2D eigenvalue weighted by Crippen LogP contribution is -2.37. The molecular formula is C18H17N5OS. The van der Waals surface area contributed by atoms with Crippen LogP contribution in [0.5, 0.6) is 6.01 Å². The Morgan fingerprint density at radius 2 is 1.96 bits per heavy atom. The summed E-state index contributed by atoms with van der Waals surface area (Å²) >= 11 is 1.71. The lowest BCUT2D eigenvalue weighted by molar-refractivity contribution is 0.252. The summed E-state index contributed by atoms with van der Waals surface area (Å²) in [6.45, 7) is 0. The van der Waals surface area contributed by atoms with Crippen molar-refractivity contribution in [2.45, 2.75) is 24.9 Å². The number of nitrogens with zero attached hydrogens (tertiary/aromatic N) is 4. The molecule has 25 heavy (non-hydrogen) atoms. The maximum atomic E-state index is 5.46. The van der Waals surface area contributed by atoms with E-state index in [1.165, 1.54) is 4.70 Å². The van der Waals surface area contributed by atoms with Crippen LogP contribution in [0.2, 0.25) is 0 Å². The van der Waals surface area contributed by atoms with Gasteiger partial charge in [-0.05, 0) is 37.1 Å². The zero-order valence-electron chi connectivity index (χ0n) is 13.7. The van der Waals surface area contributed by atoms with Crippen molar-refractivity contribution in [1.29, 1.82) is 0 Å². The average molecular weight is 351 g/mol. The van der Waals surface area contributed by atoms with Gasteiger partial charge < -0.3 is 10.1 Å². The summed E-state index contributed by atoms with van der Waals surface area (Å²) in [6.07, 6.45) is 3.82. The van der Waals surface area contributed by atoms with Gasteiger partial charge >= 0.3 is 0 Å². The van der Waals surface area contributed by atoms with Gasteiger partial charge in [-0.15, -0.1) is 0 Å². The second kappa shape index (κ2) is 5.70. The number of rotatable bonds is 4. The molecule has 6 nitrogen and oxygen atoms in total. The van der Waals surface area contributed by atoms with Crippen LogP contribution in [0.3, 0.4) is 0 Å². The summed E-state index contributed by atoms with van der Waals surface area (Å²) in [6, 6.07) is 13.5. The fraction of sp³-hybridized carbons (Fsp3) is 0.278. The smallest absolute Gasteiger partial charge is 0.298 e. The van der Waals surface area contributed by atoms with Crippen molar-refractivity contribution in [3.63, 3.8) is 0 Å². The number of hydrogen-bond acceptors (Lipinski definition) is 6. The maximum absolute atomic E-state index is 5.46. The van der Waals surface area contributed by atoms with Crippen molar-refractivity contribution in [3.8, 4) is 6.01 Å². The van der Waals surface area contributed by atoms with Gasteiger partial charge in [0.2, 0.25) is 0 Å². The minimum atomic E-state index is 0.349. The Balaban J connectivity index is 1.35. The van der Waals surface area contributed by atoms with Crippen LogP contribution in [0.15, 0.2) is 42.6 Å². The SMILES string of the molecule is COc1nc2cccnc2n1[C@H]1C[C@@H](Nc2nc3ccccc3s2)C1. The minimum Gasteiger partial charge on any atom is -0.468 e. The highest BCUT2D eigenvalue weighted by atomic mass is 32.1. The summed E-state index contributed by atoms with van der Waals surface area (Å²) in [7, 11) is 1.66. The normalized spacial score (nSPS) is 19.9. The maximum Gasteiger partial charge on any atom is 0.298 e. The number of benzene rings is 1. The summed E-state index contributed by atoms with van der Waals surface area (Å²) in [4.78, 5) is 13.7. The largest absolute Gasteiger partial charge is 0.468 e. The van der Waals surface area contributed by atoms with E-state index >= 15 is 0 Å². The van der Waals surface area contributed by atoms with Crippen molar-refractivity contribution >= 4 is 37.8 Å². The van der Waals surface area contributed by atoms with Gasteiger partial charge in [0.1, 0.15) is 5.52 Å². The van der Waals surface area contributed by atoms with Crippen LogP contribution < -0.4 is 10.1 Å². The van der Waals surface area contributed by atoms with Gasteiger partial charge in [-0.2, -0.15) is 4.98 Å². The van der Waals surface area contributed by atoms with Crippen LogP contribution >= 0.6 is 11.3 Å². The monoisotopic (exact) mass is 351 g/mol. The Hall–Kier alpha value is -2.67. The summed E-state index contributed by atoms with van der Waals surface area (Å²) < 4.78 is 8.79. The molecule has 0 spiro atoms. The van der Waals surface area contributed by atoms with Gasteiger partial charge in [0.15, 0.2) is 10.8 Å². The highest BCUT2D eigenvalue weighted by Crippen LogP contribution is 2.39. The fourth-order valence-electron chi connectivity index (χ4n) is 3.41. The Labute approximate surface area is 148 Å². The summed E-state index contributed by atoms with van der Waals surface area (Å²) in [5, 5.41) is 4.55. The predicted octanol–water partition coefficient (Wildman–Crippen LogP) is 3.87. The number of ether oxygens (including phenoxy) is 1. The number of thiazole rings is 1. The summed E-state index contributed by atoms with van der Waals surface area (Å²) in [5.41, 5.74) is 2.82. The molecule has 126 valence electrons. The molecule has 0 amide bonds.